The monoisotopic (exact) mass is 624 g/mol. The maximum Gasteiger partial charge on any atom is 0.319 e. The van der Waals surface area contributed by atoms with Crippen LogP contribution in [0.1, 0.15) is 45.1 Å². The van der Waals surface area contributed by atoms with Gasteiger partial charge in [0.05, 0.1) is 18.2 Å². The number of hydrogen-bond acceptors (Lipinski definition) is 5. The molecule has 12 heteroatoms. The van der Waals surface area contributed by atoms with Crippen LogP contribution in [0, 0.1) is 17.6 Å². The van der Waals surface area contributed by atoms with Gasteiger partial charge in [0.2, 0.25) is 5.91 Å². The zero-order valence-electron chi connectivity index (χ0n) is 25.7. The van der Waals surface area contributed by atoms with Gasteiger partial charge in [-0.2, -0.15) is 0 Å². The van der Waals surface area contributed by atoms with Crippen molar-refractivity contribution in [1.29, 1.82) is 0 Å². The van der Waals surface area contributed by atoms with E-state index in [1.807, 2.05) is 6.92 Å². The molecule has 0 fully saturated rings. The molecule has 0 radical (unpaired) electrons. The summed E-state index contributed by atoms with van der Waals surface area (Å²) in [4.78, 5) is 52.8. The number of para-hydroxylation sites is 2. The predicted octanol–water partition coefficient (Wildman–Crippen LogP) is 5.79. The third-order valence-corrected chi connectivity index (χ3v) is 7.37. The number of rotatable bonds is 14. The zero-order valence-corrected chi connectivity index (χ0v) is 25.7. The van der Waals surface area contributed by atoms with E-state index in [0.29, 0.717) is 41.9 Å². The third kappa shape index (κ3) is 10.0. The number of carboxylic acid groups (broad SMARTS) is 1. The highest BCUT2D eigenvalue weighted by Gasteiger charge is 2.22. The van der Waals surface area contributed by atoms with E-state index in [1.165, 1.54) is 18.9 Å². The van der Waals surface area contributed by atoms with Gasteiger partial charge in [-0.05, 0) is 61.2 Å². The summed E-state index contributed by atoms with van der Waals surface area (Å²) in [6, 6.07) is 15.2. The average Bonchev–Trinajstić information content (AvgIpc) is 3.01. The first-order chi connectivity index (χ1) is 21.4. The Balaban J connectivity index is 1.72. The van der Waals surface area contributed by atoms with Crippen LogP contribution in [0.15, 0.2) is 66.7 Å². The number of carboxylic acids is 1. The predicted molar refractivity (Wildman–Crippen MR) is 168 cm³/mol. The smallest absolute Gasteiger partial charge is 0.319 e. The molecule has 0 spiro atoms. The minimum absolute atomic E-state index is 0.0206. The van der Waals surface area contributed by atoms with Crippen molar-refractivity contribution in [2.75, 3.05) is 41.9 Å². The number of nitrogens with zero attached hydrogens (tertiary/aromatic N) is 2. The second-order valence-electron chi connectivity index (χ2n) is 10.7. The van der Waals surface area contributed by atoms with E-state index in [2.05, 4.69) is 17.6 Å². The van der Waals surface area contributed by atoms with Gasteiger partial charge in [-0.1, -0.05) is 44.5 Å². The molecule has 4 amide bonds. The average molecular weight is 625 g/mol. The van der Waals surface area contributed by atoms with E-state index in [9.17, 15) is 33.1 Å². The van der Waals surface area contributed by atoms with E-state index in [4.69, 9.17) is 4.74 Å². The van der Waals surface area contributed by atoms with Gasteiger partial charge in [0.15, 0.2) is 6.61 Å². The van der Waals surface area contributed by atoms with Crippen LogP contribution in [0.2, 0.25) is 0 Å². The summed E-state index contributed by atoms with van der Waals surface area (Å²) in [5.74, 6) is -3.89. The normalized spacial score (nSPS) is 12.0. The number of benzene rings is 3. The second kappa shape index (κ2) is 16.2. The minimum atomic E-state index is -0.998. The molecule has 0 aliphatic rings. The lowest BCUT2D eigenvalue weighted by Crippen LogP contribution is -2.42. The summed E-state index contributed by atoms with van der Waals surface area (Å²) in [6.45, 7) is 5.11. The largest absolute Gasteiger partial charge is 0.482 e. The lowest BCUT2D eigenvalue weighted by molar-refractivity contribution is -0.138. The van der Waals surface area contributed by atoms with Gasteiger partial charge in [0.25, 0.3) is 5.91 Å². The Labute approximate surface area is 261 Å². The molecule has 3 N–H and O–H groups in total. The van der Waals surface area contributed by atoms with Crippen molar-refractivity contribution in [2.45, 2.75) is 39.5 Å². The SMILES string of the molecule is CCC(C)CCN(C(=O)CNC(=O)Nc1cccc(C(C)C(=O)O)c1)c1ccccc1OCC(=O)N(C)c1cc(F)cc(F)c1. The number of amides is 4. The lowest BCUT2D eigenvalue weighted by Gasteiger charge is -2.27. The Morgan fingerprint density at radius 3 is 2.29 bits per heavy atom. The summed E-state index contributed by atoms with van der Waals surface area (Å²) < 4.78 is 33.1. The quantitative estimate of drug-likeness (QED) is 0.209. The first kappa shape index (κ1) is 34.5. The van der Waals surface area contributed by atoms with Crippen LogP contribution >= 0.6 is 0 Å². The second-order valence-corrected chi connectivity index (χ2v) is 10.7. The van der Waals surface area contributed by atoms with E-state index in [0.717, 1.165) is 23.5 Å². The molecule has 10 nitrogen and oxygen atoms in total. The van der Waals surface area contributed by atoms with Gasteiger partial charge in [-0.15, -0.1) is 0 Å². The number of carbonyl (C=O) groups is 4. The highest BCUT2D eigenvalue weighted by atomic mass is 19.1. The minimum Gasteiger partial charge on any atom is -0.482 e. The molecule has 0 saturated heterocycles. The fourth-order valence-electron chi connectivity index (χ4n) is 4.30. The fraction of sp³-hybridized carbons (Fsp3) is 0.333. The van der Waals surface area contributed by atoms with Crippen molar-refractivity contribution in [3.05, 3.63) is 83.9 Å². The third-order valence-electron chi connectivity index (χ3n) is 7.37. The molecule has 45 heavy (non-hydrogen) atoms. The van der Waals surface area contributed by atoms with Gasteiger partial charge in [-0.25, -0.2) is 13.6 Å². The summed E-state index contributed by atoms with van der Waals surface area (Å²) in [5, 5.41) is 14.4. The molecule has 3 aromatic rings. The van der Waals surface area contributed by atoms with Crippen molar-refractivity contribution in [2.24, 2.45) is 5.92 Å². The highest BCUT2D eigenvalue weighted by molar-refractivity contribution is 5.99. The van der Waals surface area contributed by atoms with Crippen molar-refractivity contribution in [3.63, 3.8) is 0 Å². The number of carbonyl (C=O) groups excluding carboxylic acids is 3. The number of urea groups is 1. The van der Waals surface area contributed by atoms with E-state index in [1.54, 1.807) is 48.5 Å². The molecule has 2 atom stereocenters. The molecule has 2 unspecified atom stereocenters. The Morgan fingerprint density at radius 1 is 0.933 bits per heavy atom. The Morgan fingerprint density at radius 2 is 1.62 bits per heavy atom. The topological polar surface area (TPSA) is 128 Å². The Kier molecular flexibility index (Phi) is 12.4. The van der Waals surface area contributed by atoms with Crippen LogP contribution in [0.3, 0.4) is 0 Å². The van der Waals surface area contributed by atoms with Crippen molar-refractivity contribution in [1.82, 2.24) is 5.32 Å². The van der Waals surface area contributed by atoms with Crippen LogP contribution in [0.4, 0.5) is 30.6 Å². The number of ether oxygens (including phenoxy) is 1. The molecular weight excluding hydrogens is 586 g/mol. The zero-order chi connectivity index (χ0) is 33.1. The molecule has 0 aromatic heterocycles. The van der Waals surface area contributed by atoms with Gasteiger partial charge in [0.1, 0.15) is 17.4 Å². The molecule has 3 rings (SSSR count). The number of aliphatic carboxylic acids is 1. The van der Waals surface area contributed by atoms with Gasteiger partial charge >= 0.3 is 12.0 Å². The number of likely N-dealkylation sites (N-methyl/N-ethyl adjacent to an activating group) is 1. The Hall–Kier alpha value is -5.00. The van der Waals surface area contributed by atoms with Crippen molar-refractivity contribution >= 4 is 40.9 Å². The summed E-state index contributed by atoms with van der Waals surface area (Å²) in [5.41, 5.74) is 1.29. The first-order valence-electron chi connectivity index (χ1n) is 14.5. The molecule has 0 aliphatic heterocycles. The van der Waals surface area contributed by atoms with Gasteiger partial charge in [0, 0.05) is 31.0 Å². The number of hydrogen-bond donors (Lipinski definition) is 3. The first-order valence-corrected chi connectivity index (χ1v) is 14.5. The Bertz CT molecular complexity index is 1500. The molecule has 0 saturated carbocycles. The standard InChI is InChI=1S/C33H38F2N4O6/c1-5-21(2)13-14-39(30(40)19-36-33(44)37-26-10-8-9-23(15-26)22(3)32(42)43)28-11-6-7-12-29(28)45-20-31(41)38(4)27-17-24(34)16-25(35)18-27/h6-12,15-18,21-22H,5,13-14,19-20H2,1-4H3,(H,42,43)(H2,36,37,44). The maximum absolute atomic E-state index is 13.7. The molecule has 240 valence electrons. The van der Waals surface area contributed by atoms with E-state index < -0.39 is 48.0 Å². The highest BCUT2D eigenvalue weighted by Crippen LogP contribution is 2.29. The van der Waals surface area contributed by atoms with Crippen molar-refractivity contribution < 1.29 is 37.8 Å². The van der Waals surface area contributed by atoms with Crippen molar-refractivity contribution in [3.8, 4) is 5.75 Å². The van der Waals surface area contributed by atoms with Gasteiger partial charge in [-0.3, -0.25) is 14.4 Å². The summed E-state index contributed by atoms with van der Waals surface area (Å²) in [6.07, 6.45) is 1.55. The van der Waals surface area contributed by atoms with E-state index >= 15 is 0 Å². The molecule has 0 bridgehead atoms. The number of anilines is 3. The lowest BCUT2D eigenvalue weighted by atomic mass is 10.0. The van der Waals surface area contributed by atoms with Gasteiger partial charge < -0.3 is 30.3 Å². The van der Waals surface area contributed by atoms with E-state index in [-0.39, 0.29) is 18.0 Å². The molecule has 3 aromatic carbocycles. The molecular formula is C33H38F2N4O6. The number of halogens is 2. The molecule has 0 heterocycles. The van der Waals surface area contributed by atoms with Crippen LogP contribution in [0.5, 0.6) is 5.75 Å². The van der Waals surface area contributed by atoms with Crippen LogP contribution < -0.4 is 25.2 Å². The summed E-state index contributed by atoms with van der Waals surface area (Å²) in [7, 11) is 1.37. The maximum atomic E-state index is 13.7. The number of nitrogens with one attached hydrogen (secondary N) is 2. The molecule has 0 aliphatic carbocycles. The van der Waals surface area contributed by atoms with Crippen LogP contribution in [0.25, 0.3) is 0 Å². The van der Waals surface area contributed by atoms with Crippen LogP contribution in [-0.4, -0.2) is 55.7 Å². The van der Waals surface area contributed by atoms with Crippen LogP contribution in [-0.2, 0) is 14.4 Å². The fourth-order valence-corrected chi connectivity index (χ4v) is 4.30. The summed E-state index contributed by atoms with van der Waals surface area (Å²) >= 11 is 0.